The van der Waals surface area contributed by atoms with E-state index in [0.29, 0.717) is 0 Å². The Balaban J connectivity index is 1.20. The van der Waals surface area contributed by atoms with Gasteiger partial charge in [-0.3, -0.25) is 0 Å². The molecule has 8 aromatic rings. The summed E-state index contributed by atoms with van der Waals surface area (Å²) in [7, 11) is -1.68. The second-order valence-electron chi connectivity index (χ2n) is 17.8. The average Bonchev–Trinajstić information content (AvgIpc) is 3.27. The largest absolute Gasteiger partial charge is 0.311 e. The molecule has 9 rings (SSSR count). The zero-order valence-corrected chi connectivity index (χ0v) is 37.5. The van der Waals surface area contributed by atoms with E-state index in [1.54, 1.807) is 0 Å². The van der Waals surface area contributed by atoms with E-state index in [-0.39, 0.29) is 0 Å². The lowest BCUT2D eigenvalue weighted by Gasteiger charge is -2.49. The van der Waals surface area contributed by atoms with Gasteiger partial charge in [0.2, 0.25) is 0 Å². The fraction of sp³-hybridized carbons (Fsp3) is 0.158. The Labute approximate surface area is 361 Å². The van der Waals surface area contributed by atoms with Crippen molar-refractivity contribution in [2.45, 2.75) is 27.5 Å². The van der Waals surface area contributed by atoms with Gasteiger partial charge < -0.3 is 4.90 Å². The molecule has 0 radical (unpaired) electrons. The van der Waals surface area contributed by atoms with Gasteiger partial charge in [-0.15, -0.1) is 0 Å². The fourth-order valence-corrected chi connectivity index (χ4v) is 11.6. The highest BCUT2D eigenvalue weighted by atomic mass is 32.3. The van der Waals surface area contributed by atoms with Crippen LogP contribution >= 0.6 is 20.1 Å². The van der Waals surface area contributed by atoms with E-state index in [0.717, 1.165) is 17.1 Å². The second-order valence-corrected chi connectivity index (χ2v) is 26.1. The van der Waals surface area contributed by atoms with Crippen LogP contribution < -0.4 is 4.90 Å². The van der Waals surface area contributed by atoms with E-state index < -0.39 is 30.9 Å². The molecule has 0 atom stereocenters. The molecule has 0 heterocycles. The molecule has 0 amide bonds. The Kier molecular flexibility index (Phi) is 10.2. The third-order valence-electron chi connectivity index (χ3n) is 12.7. The van der Waals surface area contributed by atoms with E-state index in [9.17, 15) is 0 Å². The monoisotopic (exact) mass is 817 g/mol. The average molecular weight is 818 g/mol. The van der Waals surface area contributed by atoms with Crippen LogP contribution in [0.1, 0.15) is 45.9 Å². The van der Waals surface area contributed by atoms with E-state index in [2.05, 4.69) is 256 Å². The van der Waals surface area contributed by atoms with Crippen LogP contribution in [0.3, 0.4) is 0 Å². The van der Waals surface area contributed by atoms with Gasteiger partial charge in [0.25, 0.3) is 0 Å². The third-order valence-corrected chi connectivity index (χ3v) is 16.0. The Morgan fingerprint density at radius 1 is 0.333 bits per heavy atom. The maximum atomic E-state index is 2.45. The number of benzene rings is 8. The molecule has 8 aromatic carbocycles. The minimum atomic E-state index is -0.839. The third kappa shape index (κ3) is 6.69. The highest BCUT2D eigenvalue weighted by molar-refractivity contribution is 8.32. The normalized spacial score (nSPS) is 14.7. The zero-order valence-electron chi connectivity index (χ0n) is 35.9. The summed E-state index contributed by atoms with van der Waals surface area (Å²) in [6, 6.07) is 77.4. The Morgan fingerprint density at radius 3 is 1.07 bits per heavy atom. The van der Waals surface area contributed by atoms with Crippen LogP contribution in [0.2, 0.25) is 0 Å². The molecule has 0 saturated heterocycles. The van der Waals surface area contributed by atoms with Gasteiger partial charge in [0.05, 0.1) is 5.41 Å². The number of hydrogen-bond donors (Lipinski definition) is 0. The number of rotatable bonds is 9. The van der Waals surface area contributed by atoms with Crippen molar-refractivity contribution in [3.05, 3.63) is 245 Å². The van der Waals surface area contributed by atoms with Crippen molar-refractivity contribution in [2.24, 2.45) is 0 Å². The summed E-state index contributed by atoms with van der Waals surface area (Å²) in [6.45, 7) is 2.45. The summed E-state index contributed by atoms with van der Waals surface area (Å²) in [5.74, 6) is 0. The summed E-state index contributed by atoms with van der Waals surface area (Å²) in [4.78, 5) is 5.23. The maximum Gasteiger partial charge on any atom is 0.0707 e. The van der Waals surface area contributed by atoms with E-state index in [4.69, 9.17) is 0 Å². The van der Waals surface area contributed by atoms with Gasteiger partial charge >= 0.3 is 0 Å². The summed E-state index contributed by atoms with van der Waals surface area (Å²) >= 11 is 0. The first-order chi connectivity index (χ1) is 28.9. The number of nitrogens with zero attached hydrogens (tertiary/aromatic N) is 1. The maximum absolute atomic E-state index is 2.45. The Morgan fingerprint density at radius 2 is 0.667 bits per heavy atom. The van der Waals surface area contributed by atoms with Crippen molar-refractivity contribution >= 4 is 37.1 Å². The van der Waals surface area contributed by atoms with Gasteiger partial charge in [-0.2, -0.15) is 0 Å². The summed E-state index contributed by atoms with van der Waals surface area (Å²) in [6.07, 6.45) is 14.2. The lowest BCUT2D eigenvalue weighted by atomic mass is 9.52. The molecule has 0 aliphatic heterocycles. The standard InChI is InChI=1S/C57H55NS2/c1-56(52-26-16-18-28-54(52)57(43-20-10-8-11-21-43,44-22-12-9-13-23-44)55-29-19-17-27-53(55)56)51-25-15-14-24-50(51)42-30-32-45(33-31-42)58(46-34-38-48(39-35-46)59(2,3)4)47-36-40-49(41-37-47)60(5,6)7/h8-41H,1-7H3. The molecular weight excluding hydrogens is 763 g/mol. The smallest absolute Gasteiger partial charge is 0.0707 e. The van der Waals surface area contributed by atoms with E-state index in [1.807, 2.05) is 0 Å². The number of anilines is 3. The molecule has 3 heteroatoms. The van der Waals surface area contributed by atoms with Gasteiger partial charge in [-0.1, -0.05) is 146 Å². The lowest BCUT2D eigenvalue weighted by Crippen LogP contribution is -2.43. The van der Waals surface area contributed by atoms with Crippen LogP contribution in [0, 0.1) is 0 Å². The molecule has 1 nitrogen and oxygen atoms in total. The number of fused-ring (bicyclic) bond motifs is 2. The molecule has 0 fully saturated rings. The van der Waals surface area contributed by atoms with Crippen molar-refractivity contribution in [3.8, 4) is 11.1 Å². The summed E-state index contributed by atoms with van der Waals surface area (Å²) in [5.41, 5.74) is 14.1. The van der Waals surface area contributed by atoms with Crippen LogP contribution in [-0.2, 0) is 10.8 Å². The van der Waals surface area contributed by atoms with Crippen LogP contribution in [-0.4, -0.2) is 37.5 Å². The molecular formula is C57H55NS2. The SMILES string of the molecule is CC1(c2ccccc2-c2ccc(N(c3ccc(S(C)(C)C)cc3)c3ccc(S(C)(C)C)cc3)cc2)c2ccccc2C(c2ccccc2)(c2ccccc2)c2ccccc21. The first kappa shape index (κ1) is 39.7. The van der Waals surface area contributed by atoms with Crippen LogP contribution in [0.5, 0.6) is 0 Å². The van der Waals surface area contributed by atoms with E-state index in [1.165, 1.54) is 59.9 Å². The van der Waals surface area contributed by atoms with Crippen molar-refractivity contribution < 1.29 is 0 Å². The first-order valence-electron chi connectivity index (χ1n) is 20.8. The van der Waals surface area contributed by atoms with Gasteiger partial charge in [0.1, 0.15) is 0 Å². The second kappa shape index (κ2) is 15.4. The number of hydrogen-bond acceptors (Lipinski definition) is 1. The lowest BCUT2D eigenvalue weighted by molar-refractivity contribution is 0.590. The van der Waals surface area contributed by atoms with Crippen LogP contribution in [0.15, 0.2) is 216 Å². The van der Waals surface area contributed by atoms with Crippen molar-refractivity contribution in [2.75, 3.05) is 42.4 Å². The first-order valence-corrected chi connectivity index (χ1v) is 26.5. The molecule has 1 aliphatic rings. The molecule has 0 bridgehead atoms. The zero-order chi connectivity index (χ0) is 41.7. The highest BCUT2D eigenvalue weighted by Crippen LogP contribution is 2.59. The molecule has 0 spiro atoms. The van der Waals surface area contributed by atoms with Crippen LogP contribution in [0.25, 0.3) is 11.1 Å². The van der Waals surface area contributed by atoms with Crippen LogP contribution in [0.4, 0.5) is 17.1 Å². The van der Waals surface area contributed by atoms with Gasteiger partial charge in [0, 0.05) is 22.5 Å². The Hall–Kier alpha value is -5.74. The topological polar surface area (TPSA) is 3.24 Å². The molecule has 0 unspecified atom stereocenters. The molecule has 0 N–H and O–H groups in total. The van der Waals surface area contributed by atoms with Crippen molar-refractivity contribution in [1.29, 1.82) is 0 Å². The predicted molar refractivity (Wildman–Crippen MR) is 264 cm³/mol. The minimum absolute atomic E-state index is 0.449. The van der Waals surface area contributed by atoms with Crippen molar-refractivity contribution in [3.63, 3.8) is 0 Å². The summed E-state index contributed by atoms with van der Waals surface area (Å²) < 4.78 is 0. The molecule has 60 heavy (non-hydrogen) atoms. The highest BCUT2D eigenvalue weighted by Gasteiger charge is 2.51. The fourth-order valence-electron chi connectivity index (χ4n) is 9.65. The summed E-state index contributed by atoms with van der Waals surface area (Å²) in [5, 5.41) is 0. The molecule has 300 valence electrons. The molecule has 0 saturated carbocycles. The predicted octanol–water partition coefficient (Wildman–Crippen LogP) is 15.0. The quantitative estimate of drug-likeness (QED) is 0.140. The van der Waals surface area contributed by atoms with Gasteiger partial charge in [-0.25, -0.2) is 20.1 Å². The van der Waals surface area contributed by atoms with Gasteiger partial charge in [0.15, 0.2) is 0 Å². The van der Waals surface area contributed by atoms with Gasteiger partial charge in [-0.05, 0) is 165 Å². The molecule has 0 aromatic heterocycles. The minimum Gasteiger partial charge on any atom is -0.311 e. The van der Waals surface area contributed by atoms with E-state index >= 15 is 0 Å². The Bertz CT molecular complexity index is 2610. The van der Waals surface area contributed by atoms with Crippen molar-refractivity contribution in [1.82, 2.24) is 0 Å². The molecule has 1 aliphatic carbocycles.